The largest absolute Gasteiger partial charge is 0.494 e. The molecule has 8 nitrogen and oxygen atoms in total. The van der Waals surface area contributed by atoms with E-state index >= 15 is 0 Å². The number of carbonyl (C=O) groups is 1. The van der Waals surface area contributed by atoms with Crippen molar-refractivity contribution in [3.05, 3.63) is 72.5 Å². The summed E-state index contributed by atoms with van der Waals surface area (Å²) in [6.45, 7) is 2.42. The average Bonchev–Trinajstić information content (AvgIpc) is 2.83. The fraction of sp³-hybridized carbons (Fsp3) is 0.208. The Morgan fingerprint density at radius 1 is 1.03 bits per heavy atom. The molecule has 0 saturated heterocycles. The molecule has 178 valence electrons. The van der Waals surface area contributed by atoms with Crippen molar-refractivity contribution in [3.63, 3.8) is 0 Å². The number of ether oxygens (including phenoxy) is 3. The molecule has 1 aliphatic rings. The molecule has 1 heterocycles. The maximum absolute atomic E-state index is 13.6. The standard InChI is InChI=1S/C24H23FN2O6S/c1-2-31-20-5-3-4-18(14-20)26-24(28)16-27(19-8-6-17(25)7-9-19)34(29,30)21-10-11-22-23(15-21)33-13-12-32-22/h3-11,14-15H,2,12-13,16H2,1H3,(H,26,28). The van der Waals surface area contributed by atoms with Gasteiger partial charge in [-0.05, 0) is 55.5 Å². The highest BCUT2D eigenvalue weighted by atomic mass is 32.2. The first kappa shape index (κ1) is 23.4. The molecule has 0 aliphatic carbocycles. The predicted molar refractivity (Wildman–Crippen MR) is 125 cm³/mol. The van der Waals surface area contributed by atoms with E-state index in [1.807, 2.05) is 6.92 Å². The van der Waals surface area contributed by atoms with E-state index < -0.39 is 28.3 Å². The molecule has 0 atom stereocenters. The summed E-state index contributed by atoms with van der Waals surface area (Å²) in [6, 6.07) is 15.9. The summed E-state index contributed by atoms with van der Waals surface area (Å²) in [5.74, 6) is 0.185. The minimum atomic E-state index is -4.21. The lowest BCUT2D eigenvalue weighted by atomic mass is 10.3. The molecule has 0 aromatic heterocycles. The molecule has 0 radical (unpaired) electrons. The number of anilines is 2. The summed E-state index contributed by atoms with van der Waals surface area (Å²) >= 11 is 0. The van der Waals surface area contributed by atoms with E-state index in [4.69, 9.17) is 14.2 Å². The van der Waals surface area contributed by atoms with Gasteiger partial charge in [-0.1, -0.05) is 6.07 Å². The van der Waals surface area contributed by atoms with Crippen molar-refractivity contribution in [2.75, 3.05) is 36.0 Å². The number of benzene rings is 3. The van der Waals surface area contributed by atoms with E-state index in [-0.39, 0.29) is 10.6 Å². The Morgan fingerprint density at radius 3 is 2.50 bits per heavy atom. The van der Waals surface area contributed by atoms with E-state index in [0.29, 0.717) is 42.8 Å². The van der Waals surface area contributed by atoms with Crippen molar-refractivity contribution in [1.29, 1.82) is 0 Å². The Balaban J connectivity index is 1.63. The molecule has 0 unspecified atom stereocenters. The summed E-state index contributed by atoms with van der Waals surface area (Å²) in [7, 11) is -4.21. The molecule has 1 N–H and O–H groups in total. The van der Waals surface area contributed by atoms with Crippen LogP contribution in [0.2, 0.25) is 0 Å². The molecule has 4 rings (SSSR count). The van der Waals surface area contributed by atoms with Crippen LogP contribution >= 0.6 is 0 Å². The topological polar surface area (TPSA) is 94.2 Å². The molecule has 0 bridgehead atoms. The van der Waals surface area contributed by atoms with Crippen LogP contribution in [0.5, 0.6) is 17.2 Å². The first-order valence-electron chi connectivity index (χ1n) is 10.6. The summed E-state index contributed by atoms with van der Waals surface area (Å²) < 4.78 is 58.0. The second-order valence-corrected chi connectivity index (χ2v) is 9.16. The van der Waals surface area contributed by atoms with E-state index in [1.165, 1.54) is 30.3 Å². The lowest BCUT2D eigenvalue weighted by Crippen LogP contribution is -2.38. The zero-order valence-electron chi connectivity index (χ0n) is 18.4. The molecule has 0 fully saturated rings. The molecular formula is C24H23FN2O6S. The van der Waals surface area contributed by atoms with Gasteiger partial charge in [-0.15, -0.1) is 0 Å². The van der Waals surface area contributed by atoms with E-state index in [2.05, 4.69) is 5.32 Å². The van der Waals surface area contributed by atoms with Crippen molar-refractivity contribution < 1.29 is 31.8 Å². The Labute approximate surface area is 196 Å². The second-order valence-electron chi connectivity index (χ2n) is 7.30. The maximum Gasteiger partial charge on any atom is 0.264 e. The third-order valence-corrected chi connectivity index (χ3v) is 6.70. The number of halogens is 1. The number of rotatable bonds is 8. The number of sulfonamides is 1. The molecule has 3 aromatic rings. The van der Waals surface area contributed by atoms with Gasteiger partial charge in [-0.2, -0.15) is 0 Å². The van der Waals surface area contributed by atoms with Gasteiger partial charge >= 0.3 is 0 Å². The monoisotopic (exact) mass is 486 g/mol. The van der Waals surface area contributed by atoms with Crippen LogP contribution in [0.1, 0.15) is 6.92 Å². The highest BCUT2D eigenvalue weighted by Crippen LogP contribution is 2.34. The molecule has 1 amide bonds. The quantitative estimate of drug-likeness (QED) is 0.520. The Bertz CT molecular complexity index is 1280. The van der Waals surface area contributed by atoms with Gasteiger partial charge in [0.15, 0.2) is 11.5 Å². The van der Waals surface area contributed by atoms with Crippen LogP contribution in [0.25, 0.3) is 0 Å². The van der Waals surface area contributed by atoms with Crippen LogP contribution in [-0.2, 0) is 14.8 Å². The van der Waals surface area contributed by atoms with Crippen LogP contribution in [0.15, 0.2) is 71.6 Å². The minimum absolute atomic E-state index is 0.0905. The van der Waals surface area contributed by atoms with Crippen LogP contribution in [0.4, 0.5) is 15.8 Å². The van der Waals surface area contributed by atoms with Gasteiger partial charge in [0, 0.05) is 17.8 Å². The second kappa shape index (κ2) is 10.0. The van der Waals surface area contributed by atoms with Gasteiger partial charge in [-0.3, -0.25) is 9.10 Å². The first-order chi connectivity index (χ1) is 16.4. The fourth-order valence-corrected chi connectivity index (χ4v) is 4.83. The van der Waals surface area contributed by atoms with Gasteiger partial charge in [0.05, 0.1) is 17.2 Å². The number of nitrogens with one attached hydrogen (secondary N) is 1. The summed E-state index contributed by atoms with van der Waals surface area (Å²) in [5, 5.41) is 2.68. The Kier molecular flexibility index (Phi) is 6.87. The van der Waals surface area contributed by atoms with E-state index in [9.17, 15) is 17.6 Å². The number of hydrogen-bond acceptors (Lipinski definition) is 6. The molecule has 3 aromatic carbocycles. The summed E-state index contributed by atoms with van der Waals surface area (Å²) in [4.78, 5) is 12.8. The molecule has 1 aliphatic heterocycles. The maximum atomic E-state index is 13.6. The van der Waals surface area contributed by atoms with Gasteiger partial charge in [0.1, 0.15) is 31.3 Å². The Morgan fingerprint density at radius 2 is 1.76 bits per heavy atom. The smallest absolute Gasteiger partial charge is 0.264 e. The number of amides is 1. The number of carbonyl (C=O) groups excluding carboxylic acids is 1. The third kappa shape index (κ3) is 5.23. The predicted octanol–water partition coefficient (Wildman–Crippen LogP) is 3.83. The van der Waals surface area contributed by atoms with Gasteiger partial charge in [0.2, 0.25) is 5.91 Å². The molecule has 10 heteroatoms. The normalized spacial score (nSPS) is 12.6. The van der Waals surface area contributed by atoms with E-state index in [0.717, 1.165) is 16.4 Å². The highest BCUT2D eigenvalue weighted by Gasteiger charge is 2.29. The van der Waals surface area contributed by atoms with Crippen molar-refractivity contribution >= 4 is 27.3 Å². The average molecular weight is 487 g/mol. The number of nitrogens with zero attached hydrogens (tertiary/aromatic N) is 1. The highest BCUT2D eigenvalue weighted by molar-refractivity contribution is 7.92. The van der Waals surface area contributed by atoms with E-state index in [1.54, 1.807) is 24.3 Å². The van der Waals surface area contributed by atoms with Crippen LogP contribution in [0, 0.1) is 5.82 Å². The number of hydrogen-bond donors (Lipinski definition) is 1. The summed E-state index contributed by atoms with van der Waals surface area (Å²) in [5.41, 5.74) is 0.584. The van der Waals surface area contributed by atoms with Gasteiger partial charge in [0.25, 0.3) is 10.0 Å². The van der Waals surface area contributed by atoms with Crippen LogP contribution in [-0.4, -0.2) is 40.7 Å². The number of fused-ring (bicyclic) bond motifs is 1. The van der Waals surface area contributed by atoms with Crippen LogP contribution in [0.3, 0.4) is 0 Å². The lowest BCUT2D eigenvalue weighted by Gasteiger charge is -2.25. The zero-order chi connectivity index (χ0) is 24.1. The molecule has 0 saturated carbocycles. The zero-order valence-corrected chi connectivity index (χ0v) is 19.2. The van der Waals surface area contributed by atoms with Gasteiger partial charge < -0.3 is 19.5 Å². The SMILES string of the molecule is CCOc1cccc(NC(=O)CN(c2ccc(F)cc2)S(=O)(=O)c2ccc3c(c2)OCCO3)c1. The summed E-state index contributed by atoms with van der Waals surface area (Å²) in [6.07, 6.45) is 0. The molecule has 34 heavy (non-hydrogen) atoms. The molecular weight excluding hydrogens is 463 g/mol. The Hall–Kier alpha value is -3.79. The fourth-order valence-electron chi connectivity index (χ4n) is 3.40. The minimum Gasteiger partial charge on any atom is -0.494 e. The van der Waals surface area contributed by atoms with Crippen molar-refractivity contribution in [1.82, 2.24) is 0 Å². The van der Waals surface area contributed by atoms with Gasteiger partial charge in [-0.25, -0.2) is 12.8 Å². The van der Waals surface area contributed by atoms with Crippen LogP contribution < -0.4 is 23.8 Å². The third-order valence-electron chi connectivity index (χ3n) is 4.93. The lowest BCUT2D eigenvalue weighted by molar-refractivity contribution is -0.114. The van der Waals surface area contributed by atoms with Crippen molar-refractivity contribution in [2.24, 2.45) is 0 Å². The van der Waals surface area contributed by atoms with Crippen molar-refractivity contribution in [3.8, 4) is 17.2 Å². The first-order valence-corrected chi connectivity index (χ1v) is 12.0. The van der Waals surface area contributed by atoms with Crippen molar-refractivity contribution in [2.45, 2.75) is 11.8 Å². The molecule has 0 spiro atoms.